The minimum absolute atomic E-state index is 0.400. The average Bonchev–Trinajstić information content (AvgIpc) is 2.57. The second kappa shape index (κ2) is 8.19. The zero-order chi connectivity index (χ0) is 23.8. The molecule has 0 spiro atoms. The lowest BCUT2D eigenvalue weighted by Crippen LogP contribution is -2.54. The summed E-state index contributed by atoms with van der Waals surface area (Å²) in [5.41, 5.74) is -0.908. The first kappa shape index (κ1) is 25.9. The number of rotatable bonds is 6. The van der Waals surface area contributed by atoms with E-state index in [1.165, 1.54) is 0 Å². The van der Waals surface area contributed by atoms with Crippen molar-refractivity contribution in [1.82, 2.24) is 0 Å². The van der Waals surface area contributed by atoms with Crippen LogP contribution in [0.4, 0.5) is 52.7 Å². The van der Waals surface area contributed by atoms with Crippen molar-refractivity contribution in [2.45, 2.75) is 35.0 Å². The van der Waals surface area contributed by atoms with E-state index in [-0.39, 0.29) is 0 Å². The largest absolute Gasteiger partial charge is 0.462 e. The first-order chi connectivity index (χ1) is 13.2. The van der Waals surface area contributed by atoms with Crippen molar-refractivity contribution in [1.29, 1.82) is 0 Å². The molecule has 170 valence electrons. The van der Waals surface area contributed by atoms with Gasteiger partial charge in [-0.25, -0.2) is 4.79 Å². The lowest BCUT2D eigenvalue weighted by molar-refractivity contribution is -0.359. The number of halogens is 12. The normalized spacial score (nSPS) is 13.9. The van der Waals surface area contributed by atoms with Crippen molar-refractivity contribution >= 4 is 22.8 Å². The zero-order valence-corrected chi connectivity index (χ0v) is 14.5. The van der Waals surface area contributed by atoms with E-state index in [0.29, 0.717) is 12.1 Å². The Balaban J connectivity index is 2.93. The number of carbonyl (C=O) groups is 2. The number of esters is 1. The third-order valence-electron chi connectivity index (χ3n) is 3.09. The summed E-state index contributed by atoms with van der Waals surface area (Å²) in [5, 5.41) is -2.71. The second-order valence-corrected chi connectivity index (χ2v) is 6.39. The predicted octanol–water partition coefficient (Wildman–Crippen LogP) is 5.49. The fourth-order valence-corrected chi connectivity index (χ4v) is 2.30. The van der Waals surface area contributed by atoms with Crippen molar-refractivity contribution in [2.75, 3.05) is 6.61 Å². The lowest BCUT2D eigenvalue weighted by atomic mass is 10.1. The van der Waals surface area contributed by atoms with Crippen molar-refractivity contribution in [3.8, 4) is 0 Å². The molecule has 0 unspecified atom stereocenters. The van der Waals surface area contributed by atoms with E-state index in [1.54, 1.807) is 0 Å². The molecule has 0 amide bonds. The minimum atomic E-state index is -6.68. The molecule has 0 atom stereocenters. The van der Waals surface area contributed by atoms with Gasteiger partial charge in [0, 0.05) is 4.90 Å². The quantitative estimate of drug-likeness (QED) is 0.306. The molecule has 0 fully saturated rings. The third kappa shape index (κ3) is 5.31. The van der Waals surface area contributed by atoms with Crippen LogP contribution >= 0.6 is 11.8 Å². The van der Waals surface area contributed by atoms with Crippen molar-refractivity contribution in [3.05, 3.63) is 29.8 Å². The summed E-state index contributed by atoms with van der Waals surface area (Å²) in [7, 11) is 0. The van der Waals surface area contributed by atoms with Crippen LogP contribution in [0.25, 0.3) is 0 Å². The molecule has 16 heteroatoms. The third-order valence-corrected chi connectivity index (χ3v) is 4.02. The summed E-state index contributed by atoms with van der Waals surface area (Å²) in [6, 6.07) is 2.59. The Morgan fingerprint density at radius 2 is 1.37 bits per heavy atom. The van der Waals surface area contributed by atoms with Crippen LogP contribution in [0.1, 0.15) is 10.4 Å². The Morgan fingerprint density at radius 1 is 0.833 bits per heavy atom. The maximum Gasteiger partial charge on any atom is 0.462 e. The molecule has 0 saturated heterocycles. The van der Waals surface area contributed by atoms with E-state index in [1.807, 2.05) is 0 Å². The standard InChI is InChI=1S/C14H6F12O3S/c15-10(16,12(19,20)14(24,25)26)5-29-8(27)6-2-1-3-7(4-6)30-9(28)11(17,18)13(21,22)23/h1-4H,5H2. The zero-order valence-electron chi connectivity index (χ0n) is 13.7. The van der Waals surface area contributed by atoms with Gasteiger partial charge >= 0.3 is 36.1 Å². The maximum absolute atomic E-state index is 13.1. The number of hydrogen-bond donors (Lipinski definition) is 0. The SMILES string of the molecule is O=C(OCC(F)(F)C(F)(F)C(F)(F)F)c1cccc(SC(=O)C(F)(F)C(F)(F)F)c1. The molecule has 1 aromatic rings. The van der Waals surface area contributed by atoms with Crippen molar-refractivity contribution < 1.29 is 67.0 Å². The van der Waals surface area contributed by atoms with Gasteiger partial charge in [0.25, 0.3) is 5.12 Å². The lowest BCUT2D eigenvalue weighted by Gasteiger charge is -2.27. The van der Waals surface area contributed by atoms with Gasteiger partial charge in [0.1, 0.15) is 0 Å². The summed E-state index contributed by atoms with van der Waals surface area (Å²) in [6.07, 6.45) is -12.9. The maximum atomic E-state index is 13.1. The molecule has 0 aliphatic heterocycles. The highest BCUT2D eigenvalue weighted by Crippen LogP contribution is 2.46. The molecule has 0 N–H and O–H groups in total. The molecule has 0 saturated carbocycles. The van der Waals surface area contributed by atoms with Crippen LogP contribution < -0.4 is 0 Å². The number of hydrogen-bond acceptors (Lipinski definition) is 4. The molecule has 0 bridgehead atoms. The number of carbonyl (C=O) groups excluding carboxylic acids is 2. The minimum Gasteiger partial charge on any atom is -0.455 e. The Labute approximate surface area is 162 Å². The summed E-state index contributed by atoms with van der Waals surface area (Å²) in [6.45, 7) is -2.74. The Morgan fingerprint density at radius 3 is 1.83 bits per heavy atom. The molecular weight excluding hydrogens is 476 g/mol. The van der Waals surface area contributed by atoms with E-state index < -0.39 is 70.0 Å². The highest BCUT2D eigenvalue weighted by Gasteiger charge is 2.73. The second-order valence-electron chi connectivity index (χ2n) is 5.34. The number of alkyl halides is 12. The predicted molar refractivity (Wildman–Crippen MR) is 74.5 cm³/mol. The molecule has 0 radical (unpaired) electrons. The fraction of sp³-hybridized carbons (Fsp3) is 0.429. The molecule has 30 heavy (non-hydrogen) atoms. The van der Waals surface area contributed by atoms with Crippen LogP contribution in [0.2, 0.25) is 0 Å². The van der Waals surface area contributed by atoms with E-state index in [0.717, 1.165) is 12.1 Å². The number of thioether (sulfide) groups is 1. The topological polar surface area (TPSA) is 43.4 Å². The highest BCUT2D eigenvalue weighted by molar-refractivity contribution is 8.13. The molecule has 1 aromatic carbocycles. The smallest absolute Gasteiger partial charge is 0.455 e. The van der Waals surface area contributed by atoms with Crippen molar-refractivity contribution in [2.24, 2.45) is 0 Å². The van der Waals surface area contributed by atoms with Crippen LogP contribution in [0.15, 0.2) is 29.2 Å². The fourth-order valence-electron chi connectivity index (χ4n) is 1.51. The molecule has 3 nitrogen and oxygen atoms in total. The monoisotopic (exact) mass is 482 g/mol. The number of benzene rings is 1. The summed E-state index contributed by atoms with van der Waals surface area (Å²) in [5.74, 6) is -20.2. The summed E-state index contributed by atoms with van der Waals surface area (Å²) >= 11 is -0.693. The summed E-state index contributed by atoms with van der Waals surface area (Å²) < 4.78 is 153. The van der Waals surface area contributed by atoms with Crippen LogP contribution in [-0.2, 0) is 9.53 Å². The molecule has 1 rings (SSSR count). The molecule has 0 aliphatic carbocycles. The first-order valence-corrected chi connectivity index (χ1v) is 7.82. The van der Waals surface area contributed by atoms with Gasteiger partial charge < -0.3 is 4.74 Å². The van der Waals surface area contributed by atoms with Gasteiger partial charge in [-0.15, -0.1) is 0 Å². The Bertz CT molecular complexity index is 800. The van der Waals surface area contributed by atoms with Crippen molar-refractivity contribution in [3.63, 3.8) is 0 Å². The molecule has 0 aromatic heterocycles. The van der Waals surface area contributed by atoms with Gasteiger partial charge in [-0.3, -0.25) is 4.79 Å². The van der Waals surface area contributed by atoms with E-state index in [2.05, 4.69) is 4.74 Å². The van der Waals surface area contributed by atoms with Crippen LogP contribution in [0, 0.1) is 0 Å². The van der Waals surface area contributed by atoms with Gasteiger partial charge in [0.15, 0.2) is 6.61 Å². The average molecular weight is 482 g/mol. The van der Waals surface area contributed by atoms with Gasteiger partial charge in [-0.1, -0.05) is 6.07 Å². The van der Waals surface area contributed by atoms with Gasteiger partial charge in [0.2, 0.25) is 0 Å². The number of ether oxygens (including phenoxy) is 1. The molecule has 0 heterocycles. The van der Waals surface area contributed by atoms with Gasteiger partial charge in [-0.2, -0.15) is 52.7 Å². The molecular formula is C14H6F12O3S. The molecule has 0 aliphatic rings. The van der Waals surface area contributed by atoms with E-state index >= 15 is 0 Å². The van der Waals surface area contributed by atoms with Crippen LogP contribution in [-0.4, -0.2) is 47.8 Å². The van der Waals surface area contributed by atoms with Gasteiger partial charge in [-0.05, 0) is 30.0 Å². The van der Waals surface area contributed by atoms with Gasteiger partial charge in [0.05, 0.1) is 5.56 Å². The Hall–Kier alpha value is -2.13. The first-order valence-electron chi connectivity index (χ1n) is 7.00. The summed E-state index contributed by atoms with van der Waals surface area (Å²) in [4.78, 5) is 21.9. The van der Waals surface area contributed by atoms with E-state index in [9.17, 15) is 62.3 Å². The van der Waals surface area contributed by atoms with Crippen LogP contribution in [0.5, 0.6) is 0 Å². The Kier molecular flexibility index (Phi) is 7.07. The van der Waals surface area contributed by atoms with Crippen LogP contribution in [0.3, 0.4) is 0 Å². The van der Waals surface area contributed by atoms with E-state index in [4.69, 9.17) is 0 Å². The highest BCUT2D eigenvalue weighted by atomic mass is 32.2.